The van der Waals surface area contributed by atoms with Crippen LogP contribution in [0.1, 0.15) is 80.1 Å². The van der Waals surface area contributed by atoms with Gasteiger partial charge in [0, 0.05) is 5.92 Å². The largest absolute Gasteiger partial charge is 0.465 e. The Balaban J connectivity index is 1.58. The maximum atomic E-state index is 13.3. The van der Waals surface area contributed by atoms with E-state index < -0.39 is 18.3 Å². The number of fused-ring (bicyclic) bond motifs is 5. The second kappa shape index (κ2) is 9.15. The molecule has 3 N–H and O–H groups in total. The molecule has 0 spiro atoms. The van der Waals surface area contributed by atoms with Crippen molar-refractivity contribution < 1.29 is 29.6 Å². The van der Waals surface area contributed by atoms with Crippen molar-refractivity contribution in [2.75, 3.05) is 6.61 Å². The molecule has 0 amide bonds. The van der Waals surface area contributed by atoms with Crippen LogP contribution in [0, 0.1) is 58.2 Å². The number of cyclic esters (lactones) is 1. The zero-order valence-electron chi connectivity index (χ0n) is 21.9. The lowest BCUT2D eigenvalue weighted by Crippen LogP contribution is -2.54. The molecule has 4 fully saturated rings. The molecule has 6 nitrogen and oxygen atoms in total. The Bertz CT molecular complexity index is 796. The Morgan fingerprint density at radius 3 is 2.29 bits per heavy atom. The van der Waals surface area contributed by atoms with Gasteiger partial charge in [-0.15, -0.1) is 0 Å². The number of hydrogen-bond donors (Lipinski definition) is 3. The minimum absolute atomic E-state index is 0.0288. The highest BCUT2D eigenvalue weighted by Crippen LogP contribution is 2.66. The summed E-state index contributed by atoms with van der Waals surface area (Å²) >= 11 is 0. The summed E-state index contributed by atoms with van der Waals surface area (Å²) in [5, 5.41) is 31.6. The molecule has 1 saturated heterocycles. The summed E-state index contributed by atoms with van der Waals surface area (Å²) in [7, 11) is 0. The third-order valence-electron chi connectivity index (χ3n) is 11.3. The van der Waals surface area contributed by atoms with Crippen molar-refractivity contribution in [1.82, 2.24) is 0 Å². The summed E-state index contributed by atoms with van der Waals surface area (Å²) in [6.45, 7) is 12.9. The average molecular weight is 479 g/mol. The zero-order valence-corrected chi connectivity index (χ0v) is 21.9. The second-order valence-corrected chi connectivity index (χ2v) is 13.1. The maximum Gasteiger partial charge on any atom is 0.309 e. The molecular formula is C28H46O6. The van der Waals surface area contributed by atoms with Gasteiger partial charge in [0.1, 0.15) is 6.10 Å². The van der Waals surface area contributed by atoms with Gasteiger partial charge in [-0.1, -0.05) is 41.5 Å². The number of carbonyl (C=O) groups excluding carboxylic acids is 2. The zero-order chi connectivity index (χ0) is 25.2. The highest BCUT2D eigenvalue weighted by molar-refractivity contribution is 5.85. The fourth-order valence-corrected chi connectivity index (χ4v) is 8.74. The molecule has 0 aromatic carbocycles. The van der Waals surface area contributed by atoms with Crippen LogP contribution in [0.4, 0.5) is 0 Å². The van der Waals surface area contributed by atoms with Gasteiger partial charge >= 0.3 is 5.97 Å². The van der Waals surface area contributed by atoms with E-state index in [2.05, 4.69) is 13.8 Å². The predicted molar refractivity (Wildman–Crippen MR) is 129 cm³/mol. The van der Waals surface area contributed by atoms with Crippen molar-refractivity contribution in [3.8, 4) is 0 Å². The Labute approximate surface area is 204 Å². The normalized spacial score (nSPS) is 47.0. The van der Waals surface area contributed by atoms with E-state index in [1.165, 1.54) is 0 Å². The van der Waals surface area contributed by atoms with Crippen molar-refractivity contribution in [1.29, 1.82) is 0 Å². The Morgan fingerprint density at radius 1 is 1.00 bits per heavy atom. The molecule has 194 valence electrons. The SMILES string of the molecule is CC(C)[C@@H](C)[C@H](O)C(=O)[C@@H](C)[C@H]1CC[C@H]2[C@@H]3COC(=O)[C@H]4C[C@H](O)[C@H](O)C[C@]4(C)[C@H]3CC[C@]12C. The summed E-state index contributed by atoms with van der Waals surface area (Å²) < 4.78 is 5.84. The molecular weight excluding hydrogens is 432 g/mol. The summed E-state index contributed by atoms with van der Waals surface area (Å²) in [5.74, 6) is 0.343. The smallest absolute Gasteiger partial charge is 0.309 e. The first-order chi connectivity index (χ1) is 15.8. The van der Waals surface area contributed by atoms with E-state index in [1.54, 1.807) is 0 Å². The van der Waals surface area contributed by atoms with Gasteiger partial charge in [-0.05, 0) is 84.9 Å². The lowest BCUT2D eigenvalue weighted by molar-refractivity contribution is -0.162. The lowest BCUT2D eigenvalue weighted by Gasteiger charge is -2.55. The van der Waals surface area contributed by atoms with Crippen LogP contribution in [-0.4, -0.2) is 52.0 Å². The first-order valence-electron chi connectivity index (χ1n) is 13.6. The van der Waals surface area contributed by atoms with Crippen molar-refractivity contribution in [3.63, 3.8) is 0 Å². The molecule has 34 heavy (non-hydrogen) atoms. The molecule has 3 saturated carbocycles. The molecule has 4 aliphatic rings. The van der Waals surface area contributed by atoms with Crippen LogP contribution in [-0.2, 0) is 14.3 Å². The summed E-state index contributed by atoms with van der Waals surface area (Å²) in [5.41, 5.74) is -0.424. The number of ketones is 1. The number of carbonyl (C=O) groups is 2. The Kier molecular flexibility index (Phi) is 7.02. The fraction of sp³-hybridized carbons (Fsp3) is 0.929. The molecule has 3 aliphatic carbocycles. The summed E-state index contributed by atoms with van der Waals surface area (Å²) in [4.78, 5) is 26.3. The van der Waals surface area contributed by atoms with Gasteiger partial charge in [-0.2, -0.15) is 0 Å². The molecule has 1 heterocycles. The van der Waals surface area contributed by atoms with Crippen LogP contribution < -0.4 is 0 Å². The average Bonchev–Trinajstić information content (AvgIpc) is 3.09. The van der Waals surface area contributed by atoms with Crippen LogP contribution in [0.3, 0.4) is 0 Å². The third kappa shape index (κ3) is 3.96. The number of rotatable bonds is 5. The van der Waals surface area contributed by atoms with Crippen molar-refractivity contribution in [2.45, 2.75) is 98.4 Å². The molecule has 0 aromatic heterocycles. The van der Waals surface area contributed by atoms with E-state index in [0.29, 0.717) is 18.9 Å². The number of Topliss-reactive ketones (excluding diaryl/α,β-unsaturated/α-hetero) is 1. The Hall–Kier alpha value is -0.980. The van der Waals surface area contributed by atoms with Crippen LogP contribution in [0.5, 0.6) is 0 Å². The number of hydrogen-bond acceptors (Lipinski definition) is 6. The minimum Gasteiger partial charge on any atom is -0.465 e. The van der Waals surface area contributed by atoms with Crippen LogP contribution in [0.2, 0.25) is 0 Å². The van der Waals surface area contributed by atoms with Gasteiger partial charge in [0.05, 0.1) is 24.7 Å². The predicted octanol–water partition coefficient (Wildman–Crippen LogP) is 3.60. The molecule has 4 rings (SSSR count). The van der Waals surface area contributed by atoms with Gasteiger partial charge in [-0.25, -0.2) is 0 Å². The molecule has 0 unspecified atom stereocenters. The van der Waals surface area contributed by atoms with Crippen molar-refractivity contribution in [2.24, 2.45) is 58.2 Å². The van der Waals surface area contributed by atoms with Crippen molar-refractivity contribution >= 4 is 11.8 Å². The maximum absolute atomic E-state index is 13.3. The molecule has 6 heteroatoms. The van der Waals surface area contributed by atoms with Gasteiger partial charge in [-0.3, -0.25) is 9.59 Å². The summed E-state index contributed by atoms with van der Waals surface area (Å²) in [6, 6.07) is 0. The van der Waals surface area contributed by atoms with Gasteiger partial charge in [0.25, 0.3) is 0 Å². The van der Waals surface area contributed by atoms with E-state index in [0.717, 1.165) is 25.7 Å². The number of esters is 1. The standard InChI is InChI=1S/C28H46O6/c1-14(2)15(3)24(31)25(32)16(4)18-7-8-19-17-13-34-26(33)21-11-22(29)23(30)12-28(21,6)20(17)9-10-27(18,19)5/h14-24,29-31H,7-13H2,1-6H3/t15-,16+,17+,18-,19+,20+,21-,22+,23-,24+,27-,28-/m1/s1. The van der Waals surface area contributed by atoms with Crippen molar-refractivity contribution in [3.05, 3.63) is 0 Å². The van der Waals surface area contributed by atoms with Gasteiger partial charge in [0.15, 0.2) is 5.78 Å². The monoisotopic (exact) mass is 478 g/mol. The second-order valence-electron chi connectivity index (χ2n) is 13.1. The van der Waals surface area contributed by atoms with E-state index in [1.807, 2.05) is 27.7 Å². The Morgan fingerprint density at radius 2 is 1.65 bits per heavy atom. The van der Waals surface area contributed by atoms with Crippen LogP contribution in [0.25, 0.3) is 0 Å². The summed E-state index contributed by atoms with van der Waals surface area (Å²) in [6.07, 6.45) is 1.95. The van der Waals surface area contributed by atoms with Crippen LogP contribution in [0.15, 0.2) is 0 Å². The molecule has 1 aliphatic heterocycles. The van der Waals surface area contributed by atoms with E-state index >= 15 is 0 Å². The molecule has 0 bridgehead atoms. The number of aliphatic hydroxyl groups excluding tert-OH is 3. The topological polar surface area (TPSA) is 104 Å². The van der Waals surface area contributed by atoms with Crippen LogP contribution >= 0.6 is 0 Å². The molecule has 0 aromatic rings. The van der Waals surface area contributed by atoms with Gasteiger partial charge in [0.2, 0.25) is 0 Å². The minimum atomic E-state index is -0.928. The third-order valence-corrected chi connectivity index (χ3v) is 11.3. The quantitative estimate of drug-likeness (QED) is 0.522. The first kappa shape index (κ1) is 26.1. The van der Waals surface area contributed by atoms with E-state index in [4.69, 9.17) is 4.74 Å². The number of aliphatic hydroxyl groups is 3. The first-order valence-corrected chi connectivity index (χ1v) is 13.6. The van der Waals surface area contributed by atoms with Gasteiger partial charge < -0.3 is 20.1 Å². The highest BCUT2D eigenvalue weighted by atomic mass is 16.5. The highest BCUT2D eigenvalue weighted by Gasteiger charge is 2.63. The number of ether oxygens (including phenoxy) is 1. The fourth-order valence-electron chi connectivity index (χ4n) is 8.74. The molecule has 0 radical (unpaired) electrons. The lowest BCUT2D eigenvalue weighted by atomic mass is 9.48. The molecule has 12 atom stereocenters. The van der Waals surface area contributed by atoms with E-state index in [9.17, 15) is 24.9 Å². The van der Waals surface area contributed by atoms with E-state index in [-0.39, 0.29) is 70.4 Å².